The van der Waals surface area contributed by atoms with E-state index in [0.717, 1.165) is 32.5 Å². The number of nitrogens with one attached hydrogen (secondary N) is 1. The first-order chi connectivity index (χ1) is 9.20. The second kappa shape index (κ2) is 5.26. The lowest BCUT2D eigenvalue weighted by Gasteiger charge is -2.40. The molecule has 0 aromatic rings. The van der Waals surface area contributed by atoms with Crippen LogP contribution in [0.1, 0.15) is 47.0 Å². The minimum Gasteiger partial charge on any atom is -0.444 e. The van der Waals surface area contributed by atoms with Crippen molar-refractivity contribution in [1.29, 1.82) is 0 Å². The topological polar surface area (TPSA) is 58.6 Å². The van der Waals surface area contributed by atoms with E-state index in [2.05, 4.69) is 12.2 Å². The second-order valence-corrected chi connectivity index (χ2v) is 7.35. The summed E-state index contributed by atoms with van der Waals surface area (Å²) in [7, 11) is 0. The van der Waals surface area contributed by atoms with Gasteiger partial charge in [0.15, 0.2) is 0 Å². The van der Waals surface area contributed by atoms with Crippen LogP contribution in [-0.4, -0.2) is 42.1 Å². The fourth-order valence-corrected chi connectivity index (χ4v) is 3.17. The Morgan fingerprint density at radius 3 is 2.40 bits per heavy atom. The molecule has 2 amide bonds. The third kappa shape index (κ3) is 3.44. The summed E-state index contributed by atoms with van der Waals surface area (Å²) in [4.78, 5) is 25.2. The maximum Gasteiger partial charge on any atom is 0.410 e. The zero-order valence-electron chi connectivity index (χ0n) is 13.0. The molecule has 2 heterocycles. The maximum absolute atomic E-state index is 12.0. The van der Waals surface area contributed by atoms with E-state index in [1.54, 1.807) is 4.90 Å². The summed E-state index contributed by atoms with van der Waals surface area (Å²) in [5.41, 5.74) is -0.390. The Kier molecular flexibility index (Phi) is 3.98. The van der Waals surface area contributed by atoms with Gasteiger partial charge in [0.2, 0.25) is 5.91 Å². The fourth-order valence-electron chi connectivity index (χ4n) is 3.17. The number of amides is 2. The molecule has 0 spiro atoms. The zero-order valence-corrected chi connectivity index (χ0v) is 13.0. The number of piperidine rings is 1. The molecular formula is C15H26N2O3. The van der Waals surface area contributed by atoms with Gasteiger partial charge in [-0.1, -0.05) is 6.92 Å². The average Bonchev–Trinajstić information content (AvgIpc) is 2.69. The van der Waals surface area contributed by atoms with Crippen molar-refractivity contribution in [2.24, 2.45) is 11.3 Å². The molecule has 0 saturated carbocycles. The van der Waals surface area contributed by atoms with Gasteiger partial charge in [-0.2, -0.15) is 0 Å². The highest BCUT2D eigenvalue weighted by atomic mass is 16.6. The number of rotatable bonds is 1. The van der Waals surface area contributed by atoms with Gasteiger partial charge >= 0.3 is 6.09 Å². The number of ether oxygens (including phenoxy) is 1. The van der Waals surface area contributed by atoms with Gasteiger partial charge in [0.1, 0.15) is 5.60 Å². The summed E-state index contributed by atoms with van der Waals surface area (Å²) >= 11 is 0. The molecule has 114 valence electrons. The van der Waals surface area contributed by atoms with Crippen molar-refractivity contribution in [3.05, 3.63) is 0 Å². The first kappa shape index (κ1) is 15.1. The number of nitrogens with zero attached hydrogens (tertiary/aromatic N) is 1. The molecule has 5 nitrogen and oxygen atoms in total. The summed E-state index contributed by atoms with van der Waals surface area (Å²) < 4.78 is 5.40. The van der Waals surface area contributed by atoms with Crippen LogP contribution in [0, 0.1) is 11.3 Å². The Morgan fingerprint density at radius 2 is 1.95 bits per heavy atom. The lowest BCUT2D eigenvalue weighted by molar-refractivity contribution is -0.120. The van der Waals surface area contributed by atoms with Gasteiger partial charge in [-0.15, -0.1) is 0 Å². The van der Waals surface area contributed by atoms with E-state index in [1.807, 2.05) is 20.8 Å². The zero-order chi connectivity index (χ0) is 15.0. The largest absolute Gasteiger partial charge is 0.444 e. The third-order valence-electron chi connectivity index (χ3n) is 4.39. The molecule has 2 rings (SSSR count). The smallest absolute Gasteiger partial charge is 0.410 e. The highest BCUT2D eigenvalue weighted by Gasteiger charge is 2.42. The standard InChI is InChI=1S/C15H26N2O3/c1-14(2,3)20-13(19)17-7-5-11(6-8-17)15(4)9-12(18)16-10-15/h11H,5-10H2,1-4H3,(H,16,18). The molecule has 20 heavy (non-hydrogen) atoms. The molecule has 1 atom stereocenters. The van der Waals surface area contributed by atoms with E-state index in [-0.39, 0.29) is 17.4 Å². The summed E-state index contributed by atoms with van der Waals surface area (Å²) in [6.45, 7) is 10.0. The molecule has 2 fully saturated rings. The van der Waals surface area contributed by atoms with Gasteiger partial charge in [-0.05, 0) is 44.9 Å². The second-order valence-electron chi connectivity index (χ2n) is 7.35. The van der Waals surface area contributed by atoms with Crippen LogP contribution in [0.15, 0.2) is 0 Å². The van der Waals surface area contributed by atoms with Gasteiger partial charge in [0.05, 0.1) is 0 Å². The van der Waals surface area contributed by atoms with Crippen LogP contribution in [0.5, 0.6) is 0 Å². The summed E-state index contributed by atoms with van der Waals surface area (Å²) in [6, 6.07) is 0. The van der Waals surface area contributed by atoms with Crippen molar-refractivity contribution in [1.82, 2.24) is 10.2 Å². The Labute approximate surface area is 121 Å². The molecular weight excluding hydrogens is 256 g/mol. The maximum atomic E-state index is 12.0. The average molecular weight is 282 g/mol. The molecule has 5 heteroatoms. The molecule has 0 aromatic heterocycles. The predicted octanol–water partition coefficient (Wildman–Crippen LogP) is 2.16. The van der Waals surface area contributed by atoms with Crippen molar-refractivity contribution < 1.29 is 14.3 Å². The van der Waals surface area contributed by atoms with Crippen molar-refractivity contribution in [3.63, 3.8) is 0 Å². The lowest BCUT2D eigenvalue weighted by Crippen LogP contribution is -2.45. The van der Waals surface area contributed by atoms with Crippen LogP contribution in [0.4, 0.5) is 4.79 Å². The van der Waals surface area contributed by atoms with Gasteiger partial charge < -0.3 is 15.0 Å². The van der Waals surface area contributed by atoms with E-state index < -0.39 is 5.60 Å². The molecule has 0 aliphatic carbocycles. The van der Waals surface area contributed by atoms with E-state index in [4.69, 9.17) is 4.74 Å². The molecule has 1 unspecified atom stereocenters. The number of likely N-dealkylation sites (tertiary alicyclic amines) is 1. The molecule has 2 aliphatic rings. The van der Waals surface area contributed by atoms with Gasteiger partial charge in [-0.3, -0.25) is 4.79 Å². The lowest BCUT2D eigenvalue weighted by atomic mass is 9.71. The van der Waals surface area contributed by atoms with Crippen molar-refractivity contribution >= 4 is 12.0 Å². The van der Waals surface area contributed by atoms with Crippen LogP contribution in [-0.2, 0) is 9.53 Å². The number of hydrogen-bond acceptors (Lipinski definition) is 3. The van der Waals surface area contributed by atoms with E-state index >= 15 is 0 Å². The SMILES string of the molecule is CC(C)(C)OC(=O)N1CCC(C2(C)CNC(=O)C2)CC1. The van der Waals surface area contributed by atoms with Crippen LogP contribution in [0.2, 0.25) is 0 Å². The van der Waals surface area contributed by atoms with Crippen LogP contribution >= 0.6 is 0 Å². The summed E-state index contributed by atoms with van der Waals surface area (Å²) in [5.74, 6) is 0.655. The third-order valence-corrected chi connectivity index (χ3v) is 4.39. The van der Waals surface area contributed by atoms with Crippen LogP contribution < -0.4 is 5.32 Å². The number of carbonyl (C=O) groups excluding carboxylic acids is 2. The Bertz CT molecular complexity index is 394. The molecule has 1 N–H and O–H groups in total. The van der Waals surface area contributed by atoms with E-state index in [1.165, 1.54) is 0 Å². The molecule has 0 radical (unpaired) electrons. The summed E-state index contributed by atoms with van der Waals surface area (Å²) in [6.07, 6.45) is 2.29. The van der Waals surface area contributed by atoms with Crippen molar-refractivity contribution in [3.8, 4) is 0 Å². The fraction of sp³-hybridized carbons (Fsp3) is 0.867. The molecule has 2 aliphatic heterocycles. The van der Waals surface area contributed by atoms with Crippen LogP contribution in [0.3, 0.4) is 0 Å². The minimum absolute atomic E-state index is 0.0527. The quantitative estimate of drug-likeness (QED) is 0.802. The first-order valence-electron chi connectivity index (χ1n) is 7.44. The monoisotopic (exact) mass is 282 g/mol. The highest BCUT2D eigenvalue weighted by molar-refractivity contribution is 5.79. The van der Waals surface area contributed by atoms with Crippen molar-refractivity contribution in [2.45, 2.75) is 52.6 Å². The molecule has 0 bridgehead atoms. The molecule has 0 aromatic carbocycles. The Balaban J connectivity index is 1.86. The number of carbonyl (C=O) groups is 2. The summed E-state index contributed by atoms with van der Waals surface area (Å²) in [5, 5.41) is 2.93. The molecule has 2 saturated heterocycles. The van der Waals surface area contributed by atoms with Crippen molar-refractivity contribution in [2.75, 3.05) is 19.6 Å². The van der Waals surface area contributed by atoms with E-state index in [9.17, 15) is 9.59 Å². The van der Waals surface area contributed by atoms with Gasteiger partial charge in [0.25, 0.3) is 0 Å². The normalized spacial score (nSPS) is 28.4. The van der Waals surface area contributed by atoms with E-state index in [0.29, 0.717) is 12.3 Å². The Hall–Kier alpha value is -1.26. The minimum atomic E-state index is -0.443. The van der Waals surface area contributed by atoms with Crippen LogP contribution in [0.25, 0.3) is 0 Å². The Morgan fingerprint density at radius 1 is 1.35 bits per heavy atom. The highest BCUT2D eigenvalue weighted by Crippen LogP contribution is 2.40. The van der Waals surface area contributed by atoms with Gasteiger partial charge in [0, 0.05) is 26.1 Å². The first-order valence-corrected chi connectivity index (χ1v) is 7.44. The van der Waals surface area contributed by atoms with Gasteiger partial charge in [-0.25, -0.2) is 4.79 Å². The number of hydrogen-bond donors (Lipinski definition) is 1. The predicted molar refractivity (Wildman–Crippen MR) is 76.3 cm³/mol.